The normalized spacial score (nSPS) is 28.0. The summed E-state index contributed by atoms with van der Waals surface area (Å²) in [6.07, 6.45) is 2.54. The Morgan fingerprint density at radius 2 is 2.04 bits per heavy atom. The Balaban J connectivity index is 1.87. The molecule has 2 fully saturated rings. The third-order valence-electron chi connectivity index (χ3n) is 5.77. The molecule has 23 heavy (non-hydrogen) atoms. The predicted octanol–water partition coefficient (Wildman–Crippen LogP) is 2.95. The van der Waals surface area contributed by atoms with Gasteiger partial charge < -0.3 is 19.9 Å². The van der Waals surface area contributed by atoms with E-state index in [1.165, 1.54) is 18.4 Å². The van der Waals surface area contributed by atoms with Gasteiger partial charge in [-0.1, -0.05) is 13.0 Å². The van der Waals surface area contributed by atoms with E-state index in [9.17, 15) is 5.11 Å². The lowest BCUT2D eigenvalue weighted by atomic mass is 9.66. The summed E-state index contributed by atoms with van der Waals surface area (Å²) in [7, 11) is 1.68. The maximum Gasteiger partial charge on any atom is 0.161 e. The highest BCUT2D eigenvalue weighted by molar-refractivity contribution is 5.45. The molecule has 2 N–H and O–H groups in total. The average molecular weight is 319 g/mol. The summed E-state index contributed by atoms with van der Waals surface area (Å²) in [6, 6.07) is 6.19. The van der Waals surface area contributed by atoms with E-state index in [1.807, 2.05) is 19.9 Å². The van der Waals surface area contributed by atoms with Crippen LogP contribution in [0.2, 0.25) is 0 Å². The van der Waals surface area contributed by atoms with Gasteiger partial charge in [-0.2, -0.15) is 0 Å². The van der Waals surface area contributed by atoms with Crippen molar-refractivity contribution in [2.75, 3.05) is 26.8 Å². The zero-order chi connectivity index (χ0) is 16.7. The lowest BCUT2D eigenvalue weighted by molar-refractivity contribution is -0.0430. The highest BCUT2D eigenvalue weighted by Gasteiger charge is 2.49. The number of methoxy groups -OCH3 is 1. The molecule has 4 nitrogen and oxygen atoms in total. The molecular weight excluding hydrogens is 290 g/mol. The zero-order valence-electron chi connectivity index (χ0n) is 14.7. The second-order valence-electron chi connectivity index (χ2n) is 7.82. The number of hydrogen-bond donors (Lipinski definition) is 2. The summed E-state index contributed by atoms with van der Waals surface area (Å²) >= 11 is 0. The van der Waals surface area contributed by atoms with E-state index in [0.717, 1.165) is 31.2 Å². The Kier molecular flexibility index (Phi) is 4.32. The topological polar surface area (TPSA) is 50.7 Å². The molecule has 1 saturated carbocycles. The summed E-state index contributed by atoms with van der Waals surface area (Å²) in [5.74, 6) is 2.56. The Morgan fingerprint density at radius 1 is 1.30 bits per heavy atom. The minimum absolute atomic E-state index is 0.213. The molecule has 1 unspecified atom stereocenters. The molecule has 4 heteroatoms. The van der Waals surface area contributed by atoms with Crippen molar-refractivity contribution in [3.8, 4) is 11.5 Å². The number of ether oxygens (including phenoxy) is 2. The fourth-order valence-corrected chi connectivity index (χ4v) is 3.47. The first kappa shape index (κ1) is 16.6. The van der Waals surface area contributed by atoms with E-state index < -0.39 is 5.60 Å². The molecule has 0 aromatic heterocycles. The van der Waals surface area contributed by atoms with Crippen molar-refractivity contribution in [1.29, 1.82) is 0 Å². The van der Waals surface area contributed by atoms with Crippen molar-refractivity contribution >= 4 is 0 Å². The van der Waals surface area contributed by atoms with E-state index in [1.54, 1.807) is 7.11 Å². The quantitative estimate of drug-likeness (QED) is 0.846. The summed E-state index contributed by atoms with van der Waals surface area (Å²) in [5, 5.41) is 14.1. The van der Waals surface area contributed by atoms with Crippen LogP contribution in [-0.4, -0.2) is 37.5 Å². The highest BCUT2D eigenvalue weighted by Crippen LogP contribution is 2.48. The molecule has 1 aromatic rings. The van der Waals surface area contributed by atoms with E-state index in [4.69, 9.17) is 9.47 Å². The van der Waals surface area contributed by atoms with Crippen LogP contribution in [-0.2, 0) is 0 Å². The van der Waals surface area contributed by atoms with Gasteiger partial charge in [-0.15, -0.1) is 0 Å². The Morgan fingerprint density at radius 3 is 2.65 bits per heavy atom. The Bertz CT molecular complexity index is 562. The van der Waals surface area contributed by atoms with Crippen LogP contribution in [0.4, 0.5) is 0 Å². The van der Waals surface area contributed by atoms with Gasteiger partial charge in [0.1, 0.15) is 0 Å². The maximum atomic E-state index is 10.7. The van der Waals surface area contributed by atoms with Crippen molar-refractivity contribution in [3.63, 3.8) is 0 Å². The monoisotopic (exact) mass is 319 g/mol. The second kappa shape index (κ2) is 5.99. The highest BCUT2D eigenvalue weighted by atomic mass is 16.5. The fraction of sp³-hybridized carbons (Fsp3) is 0.684. The van der Waals surface area contributed by atoms with Gasteiger partial charge in [0.15, 0.2) is 11.5 Å². The van der Waals surface area contributed by atoms with Gasteiger partial charge in [0.05, 0.1) is 19.3 Å². The number of nitrogens with one attached hydrogen (secondary N) is 1. The summed E-state index contributed by atoms with van der Waals surface area (Å²) < 4.78 is 11.4. The van der Waals surface area contributed by atoms with Crippen molar-refractivity contribution in [2.24, 2.45) is 11.3 Å². The zero-order valence-corrected chi connectivity index (χ0v) is 14.7. The Labute approximate surface area is 139 Å². The van der Waals surface area contributed by atoms with Crippen LogP contribution in [0.3, 0.4) is 0 Å². The molecule has 0 radical (unpaired) electrons. The van der Waals surface area contributed by atoms with Crippen molar-refractivity contribution in [1.82, 2.24) is 5.32 Å². The van der Waals surface area contributed by atoms with Crippen LogP contribution >= 0.6 is 0 Å². The molecule has 0 bridgehead atoms. The van der Waals surface area contributed by atoms with Crippen molar-refractivity contribution in [3.05, 3.63) is 23.8 Å². The van der Waals surface area contributed by atoms with Gasteiger partial charge in [-0.05, 0) is 50.3 Å². The van der Waals surface area contributed by atoms with Gasteiger partial charge in [0.2, 0.25) is 0 Å². The second-order valence-corrected chi connectivity index (χ2v) is 7.82. The van der Waals surface area contributed by atoms with Crippen molar-refractivity contribution < 1.29 is 14.6 Å². The summed E-state index contributed by atoms with van der Waals surface area (Å²) in [6.45, 7) is 8.42. The number of hydrogen-bond acceptors (Lipinski definition) is 4. The van der Waals surface area contributed by atoms with Crippen LogP contribution in [0.15, 0.2) is 18.2 Å². The van der Waals surface area contributed by atoms with Crippen molar-refractivity contribution in [2.45, 2.75) is 45.1 Å². The maximum absolute atomic E-state index is 10.7. The molecule has 1 heterocycles. The lowest BCUT2D eigenvalue weighted by Gasteiger charge is -2.41. The molecule has 2 aliphatic rings. The van der Waals surface area contributed by atoms with Gasteiger partial charge in [0.25, 0.3) is 0 Å². The average Bonchev–Trinajstić information content (AvgIpc) is 3.24. The van der Waals surface area contributed by atoms with Crippen LogP contribution < -0.4 is 14.8 Å². The van der Waals surface area contributed by atoms with Gasteiger partial charge >= 0.3 is 0 Å². The predicted molar refractivity (Wildman–Crippen MR) is 91.2 cm³/mol. The van der Waals surface area contributed by atoms with Crippen LogP contribution in [0.25, 0.3) is 0 Å². The molecular formula is C19H29NO3. The first-order valence-electron chi connectivity index (χ1n) is 8.59. The molecule has 1 aromatic carbocycles. The first-order chi connectivity index (χ1) is 10.8. The number of benzene rings is 1. The van der Waals surface area contributed by atoms with Crippen LogP contribution in [0, 0.1) is 11.3 Å². The van der Waals surface area contributed by atoms with E-state index in [-0.39, 0.29) is 11.3 Å². The molecule has 1 aliphatic heterocycles. The number of aliphatic hydroxyl groups is 1. The minimum Gasteiger partial charge on any atom is -0.493 e. The summed E-state index contributed by atoms with van der Waals surface area (Å²) in [4.78, 5) is 0. The Hall–Kier alpha value is -1.26. The molecule has 0 amide bonds. The van der Waals surface area contributed by atoms with Gasteiger partial charge in [0, 0.05) is 24.4 Å². The lowest BCUT2D eigenvalue weighted by Crippen LogP contribution is -2.46. The molecule has 2 atom stereocenters. The molecule has 128 valence electrons. The fourth-order valence-electron chi connectivity index (χ4n) is 3.47. The van der Waals surface area contributed by atoms with Gasteiger partial charge in [-0.25, -0.2) is 0 Å². The van der Waals surface area contributed by atoms with E-state index >= 15 is 0 Å². The molecule has 3 rings (SSSR count). The third kappa shape index (κ3) is 3.20. The molecule has 1 saturated heterocycles. The standard InChI is InChI=1S/C19H29NO3/c1-18(2,21)19(3)12-20-10-15(19)14-7-8-16(22-4)17(9-14)23-11-13-5-6-13/h7-9,13,15,20-21H,5-6,10-12H2,1-4H3/t15-,19?/m0/s1. The largest absolute Gasteiger partial charge is 0.493 e. The van der Waals surface area contributed by atoms with Crippen LogP contribution in [0.1, 0.15) is 45.1 Å². The SMILES string of the molecule is COc1ccc([C@@H]2CNCC2(C)C(C)(C)O)cc1OCC1CC1. The van der Waals surface area contributed by atoms with E-state index in [0.29, 0.717) is 5.92 Å². The van der Waals surface area contributed by atoms with Crippen LogP contribution in [0.5, 0.6) is 11.5 Å². The summed E-state index contributed by atoms with van der Waals surface area (Å²) in [5.41, 5.74) is 0.233. The first-order valence-corrected chi connectivity index (χ1v) is 8.59. The minimum atomic E-state index is -0.754. The van der Waals surface area contributed by atoms with E-state index in [2.05, 4.69) is 24.4 Å². The third-order valence-corrected chi connectivity index (χ3v) is 5.77. The molecule has 0 spiro atoms. The van der Waals surface area contributed by atoms with Gasteiger partial charge in [-0.3, -0.25) is 0 Å². The smallest absolute Gasteiger partial charge is 0.161 e. The number of rotatable bonds is 6. The molecule has 1 aliphatic carbocycles.